The average molecular weight is 321 g/mol. The maximum absolute atomic E-state index is 11.8. The molecule has 0 radical (unpaired) electrons. The fourth-order valence-corrected chi connectivity index (χ4v) is 2.23. The fourth-order valence-electron chi connectivity index (χ4n) is 1.92. The molecule has 2 aromatic rings. The van der Waals surface area contributed by atoms with Crippen molar-refractivity contribution >= 4 is 35.2 Å². The maximum Gasteiger partial charge on any atom is 0.336 e. The monoisotopic (exact) mass is 320 g/mol. The smallest absolute Gasteiger partial charge is 0.336 e. The first-order chi connectivity index (χ1) is 9.94. The normalized spacial score (nSPS) is 10.9. The van der Waals surface area contributed by atoms with E-state index in [1.54, 1.807) is 24.3 Å². The molecule has 0 aliphatic rings. The molecule has 108 valence electrons. The van der Waals surface area contributed by atoms with Crippen LogP contribution in [-0.4, -0.2) is 5.97 Å². The van der Waals surface area contributed by atoms with Gasteiger partial charge in [-0.3, -0.25) is 0 Å². The lowest BCUT2D eigenvalue weighted by atomic mass is 10.1. The summed E-state index contributed by atoms with van der Waals surface area (Å²) < 4.78 is 5.27. The van der Waals surface area contributed by atoms with Crippen LogP contribution < -0.4 is 4.74 Å². The lowest BCUT2D eigenvalue weighted by Crippen LogP contribution is -2.04. The van der Waals surface area contributed by atoms with Crippen molar-refractivity contribution in [3.05, 3.63) is 69.2 Å². The highest BCUT2D eigenvalue weighted by molar-refractivity contribution is 6.42. The molecule has 0 bridgehead atoms. The van der Waals surface area contributed by atoms with Gasteiger partial charge >= 0.3 is 5.97 Å². The molecule has 0 aliphatic heterocycles. The maximum atomic E-state index is 11.8. The van der Waals surface area contributed by atoms with Gasteiger partial charge in [-0.2, -0.15) is 0 Å². The van der Waals surface area contributed by atoms with Gasteiger partial charge in [0.1, 0.15) is 5.75 Å². The third kappa shape index (κ3) is 4.62. The van der Waals surface area contributed by atoms with E-state index in [2.05, 4.69) is 0 Å². The predicted octanol–water partition coefficient (Wildman–Crippen LogP) is 5.23. The van der Waals surface area contributed by atoms with E-state index in [0.717, 1.165) is 16.7 Å². The van der Waals surface area contributed by atoms with Gasteiger partial charge in [0.05, 0.1) is 10.0 Å². The number of carbonyl (C=O) groups is 1. The Labute approximate surface area is 134 Å². The van der Waals surface area contributed by atoms with Crippen molar-refractivity contribution in [2.24, 2.45) is 0 Å². The molecule has 0 atom stereocenters. The van der Waals surface area contributed by atoms with Gasteiger partial charge in [-0.05, 0) is 60.9 Å². The summed E-state index contributed by atoms with van der Waals surface area (Å²) in [6, 6.07) is 10.8. The van der Waals surface area contributed by atoms with Gasteiger partial charge in [0.2, 0.25) is 0 Å². The predicted molar refractivity (Wildman–Crippen MR) is 87.0 cm³/mol. The van der Waals surface area contributed by atoms with E-state index in [0.29, 0.717) is 15.8 Å². The molecule has 0 amide bonds. The van der Waals surface area contributed by atoms with Crippen molar-refractivity contribution < 1.29 is 9.53 Å². The van der Waals surface area contributed by atoms with Crippen molar-refractivity contribution in [3.63, 3.8) is 0 Å². The van der Waals surface area contributed by atoms with E-state index in [9.17, 15) is 4.79 Å². The molecule has 21 heavy (non-hydrogen) atoms. The molecular formula is C17H14Cl2O2. The minimum Gasteiger partial charge on any atom is -0.423 e. The first-order valence-electron chi connectivity index (χ1n) is 6.37. The van der Waals surface area contributed by atoms with Crippen LogP contribution in [0.2, 0.25) is 10.0 Å². The minimum atomic E-state index is -0.439. The molecule has 0 N–H and O–H groups in total. The second kappa shape index (κ2) is 6.79. The Bertz CT molecular complexity index is 686. The molecule has 0 saturated carbocycles. The van der Waals surface area contributed by atoms with E-state index in [1.165, 1.54) is 6.08 Å². The summed E-state index contributed by atoms with van der Waals surface area (Å²) in [7, 11) is 0. The van der Waals surface area contributed by atoms with E-state index in [4.69, 9.17) is 27.9 Å². The van der Waals surface area contributed by atoms with Crippen molar-refractivity contribution in [1.29, 1.82) is 0 Å². The van der Waals surface area contributed by atoms with Crippen LogP contribution in [0.1, 0.15) is 16.7 Å². The molecule has 0 fully saturated rings. The lowest BCUT2D eigenvalue weighted by molar-refractivity contribution is -0.128. The Kier molecular flexibility index (Phi) is 5.05. The Morgan fingerprint density at radius 2 is 1.67 bits per heavy atom. The van der Waals surface area contributed by atoms with Crippen molar-refractivity contribution in [2.75, 3.05) is 0 Å². The van der Waals surface area contributed by atoms with Gasteiger partial charge in [-0.15, -0.1) is 0 Å². The van der Waals surface area contributed by atoms with Crippen LogP contribution >= 0.6 is 23.2 Å². The second-order valence-electron chi connectivity index (χ2n) is 4.75. The second-order valence-corrected chi connectivity index (χ2v) is 5.57. The molecule has 0 aromatic heterocycles. The zero-order chi connectivity index (χ0) is 15.4. The molecule has 0 saturated heterocycles. The summed E-state index contributed by atoms with van der Waals surface area (Å²) >= 11 is 11.7. The summed E-state index contributed by atoms with van der Waals surface area (Å²) in [6.07, 6.45) is 2.99. The van der Waals surface area contributed by atoms with E-state index in [-0.39, 0.29) is 0 Å². The van der Waals surface area contributed by atoms with Gasteiger partial charge in [-0.25, -0.2) is 4.79 Å². The van der Waals surface area contributed by atoms with Crippen molar-refractivity contribution in [3.8, 4) is 5.75 Å². The fraction of sp³-hybridized carbons (Fsp3) is 0.118. The number of hydrogen-bond acceptors (Lipinski definition) is 2. The van der Waals surface area contributed by atoms with Crippen LogP contribution in [0.3, 0.4) is 0 Å². The van der Waals surface area contributed by atoms with Crippen molar-refractivity contribution in [1.82, 2.24) is 0 Å². The molecule has 4 heteroatoms. The van der Waals surface area contributed by atoms with Gasteiger partial charge in [0.15, 0.2) is 0 Å². The molecule has 0 aliphatic carbocycles. The van der Waals surface area contributed by atoms with E-state index >= 15 is 0 Å². The average Bonchev–Trinajstić information content (AvgIpc) is 2.39. The van der Waals surface area contributed by atoms with E-state index in [1.807, 2.05) is 32.0 Å². The zero-order valence-electron chi connectivity index (χ0n) is 11.7. The largest absolute Gasteiger partial charge is 0.423 e. The lowest BCUT2D eigenvalue weighted by Gasteiger charge is -2.04. The highest BCUT2D eigenvalue weighted by Gasteiger charge is 2.03. The summed E-state index contributed by atoms with van der Waals surface area (Å²) in [5.74, 6) is 0.0994. The molecule has 2 nitrogen and oxygen atoms in total. The first kappa shape index (κ1) is 15.6. The number of halogens is 2. The molecule has 0 heterocycles. The third-order valence-corrected chi connectivity index (χ3v) is 3.51. The highest BCUT2D eigenvalue weighted by atomic mass is 35.5. The van der Waals surface area contributed by atoms with Crippen LogP contribution in [0, 0.1) is 13.8 Å². The number of carbonyl (C=O) groups excluding carboxylic acids is 1. The molecule has 0 unspecified atom stereocenters. The van der Waals surface area contributed by atoms with Crippen LogP contribution in [-0.2, 0) is 4.79 Å². The van der Waals surface area contributed by atoms with Crippen molar-refractivity contribution in [2.45, 2.75) is 13.8 Å². The standard InChI is InChI=1S/C17H14Cl2O2/c1-11-7-12(2)9-14(8-11)21-17(20)6-4-13-3-5-15(18)16(19)10-13/h3-10H,1-2H3/b6-4+. The molecular weight excluding hydrogens is 307 g/mol. The van der Waals surface area contributed by atoms with Gasteiger partial charge in [0.25, 0.3) is 0 Å². The van der Waals surface area contributed by atoms with Gasteiger partial charge in [0, 0.05) is 6.08 Å². The summed E-state index contributed by atoms with van der Waals surface area (Å²) in [5, 5.41) is 0.924. The summed E-state index contributed by atoms with van der Waals surface area (Å²) in [4.78, 5) is 11.8. The summed E-state index contributed by atoms with van der Waals surface area (Å²) in [5.41, 5.74) is 2.87. The van der Waals surface area contributed by atoms with Crippen LogP contribution in [0.25, 0.3) is 6.08 Å². The van der Waals surface area contributed by atoms with Crippen LogP contribution in [0.15, 0.2) is 42.5 Å². The number of aryl methyl sites for hydroxylation is 2. The number of esters is 1. The topological polar surface area (TPSA) is 26.3 Å². The van der Waals surface area contributed by atoms with Gasteiger partial charge < -0.3 is 4.74 Å². The molecule has 2 aromatic carbocycles. The quantitative estimate of drug-likeness (QED) is 0.439. The zero-order valence-corrected chi connectivity index (χ0v) is 13.2. The first-order valence-corrected chi connectivity index (χ1v) is 7.13. The number of benzene rings is 2. The molecule has 2 rings (SSSR count). The van der Waals surface area contributed by atoms with Crippen LogP contribution in [0.5, 0.6) is 5.75 Å². The Morgan fingerprint density at radius 3 is 2.29 bits per heavy atom. The Balaban J connectivity index is 2.07. The Hall–Kier alpha value is -1.77. The van der Waals surface area contributed by atoms with E-state index < -0.39 is 5.97 Å². The Morgan fingerprint density at radius 1 is 1.00 bits per heavy atom. The number of hydrogen-bond donors (Lipinski definition) is 0. The molecule has 0 spiro atoms. The number of rotatable bonds is 3. The van der Waals surface area contributed by atoms with Gasteiger partial charge in [-0.1, -0.05) is 35.3 Å². The summed E-state index contributed by atoms with van der Waals surface area (Å²) in [6.45, 7) is 3.91. The SMILES string of the molecule is Cc1cc(C)cc(OC(=O)/C=C/c2ccc(Cl)c(Cl)c2)c1. The number of ether oxygens (including phenoxy) is 1. The minimum absolute atomic E-state index is 0.439. The third-order valence-electron chi connectivity index (χ3n) is 2.77. The highest BCUT2D eigenvalue weighted by Crippen LogP contribution is 2.23. The van der Waals surface area contributed by atoms with Crippen LogP contribution in [0.4, 0.5) is 0 Å².